The lowest BCUT2D eigenvalue weighted by molar-refractivity contribution is -0.142. The average molecular weight is 222 g/mol. The summed E-state index contributed by atoms with van der Waals surface area (Å²) in [4.78, 5) is 15.1. The van der Waals surface area contributed by atoms with Gasteiger partial charge in [-0.3, -0.25) is 15.5 Å². The first kappa shape index (κ1) is 12.2. The molecule has 0 spiro atoms. The molecule has 1 aromatic carbocycles. The second kappa shape index (κ2) is 6.58. The van der Waals surface area contributed by atoms with Crippen LogP contribution < -0.4 is 5.48 Å². The number of carbonyl (C=O) groups excluding carboxylic acids is 1. The van der Waals surface area contributed by atoms with Crippen LogP contribution in [-0.4, -0.2) is 24.1 Å². The summed E-state index contributed by atoms with van der Waals surface area (Å²) >= 11 is 0. The number of hydrogen-bond donors (Lipinski definition) is 2. The lowest BCUT2D eigenvalue weighted by Gasteiger charge is -2.02. The van der Waals surface area contributed by atoms with Gasteiger partial charge in [0.15, 0.2) is 0 Å². The minimum Gasteiger partial charge on any atom is -0.466 e. The predicted molar refractivity (Wildman–Crippen MR) is 59.9 cm³/mol. The predicted octanol–water partition coefficient (Wildman–Crippen LogP) is 1.43. The molecule has 86 valence electrons. The maximum absolute atomic E-state index is 11.2. The summed E-state index contributed by atoms with van der Waals surface area (Å²) in [5, 5.41) is 8.30. The van der Waals surface area contributed by atoms with E-state index in [0.29, 0.717) is 12.3 Å². The van der Waals surface area contributed by atoms with Gasteiger partial charge in [-0.25, -0.2) is 4.99 Å². The van der Waals surface area contributed by atoms with Crippen LogP contribution in [0.1, 0.15) is 12.5 Å². The zero-order valence-electron chi connectivity index (χ0n) is 9.01. The maximum atomic E-state index is 11.2. The van der Waals surface area contributed by atoms with Gasteiger partial charge >= 0.3 is 5.97 Å². The quantitative estimate of drug-likeness (QED) is 0.342. The van der Waals surface area contributed by atoms with E-state index in [1.54, 1.807) is 31.2 Å². The van der Waals surface area contributed by atoms with E-state index in [9.17, 15) is 4.79 Å². The van der Waals surface area contributed by atoms with Gasteiger partial charge in [-0.05, 0) is 24.6 Å². The molecule has 0 radical (unpaired) electrons. The Hall–Kier alpha value is -1.88. The summed E-state index contributed by atoms with van der Waals surface area (Å²) < 4.78 is 4.83. The summed E-state index contributed by atoms with van der Waals surface area (Å²) in [6, 6.07) is 7.09. The minimum absolute atomic E-state index is 0.240. The molecule has 0 heterocycles. The topological polar surface area (TPSA) is 70.9 Å². The van der Waals surface area contributed by atoms with Crippen molar-refractivity contribution in [3.8, 4) is 0 Å². The highest BCUT2D eigenvalue weighted by atomic mass is 16.5. The highest BCUT2D eigenvalue weighted by Gasteiger charge is 2.02. The van der Waals surface area contributed by atoms with Gasteiger partial charge in [0.05, 0.1) is 18.7 Å². The van der Waals surface area contributed by atoms with Gasteiger partial charge in [-0.15, -0.1) is 0 Å². The Kier molecular flexibility index (Phi) is 5.01. The zero-order valence-corrected chi connectivity index (χ0v) is 9.01. The smallest absolute Gasteiger partial charge is 0.310 e. The fourth-order valence-electron chi connectivity index (χ4n) is 1.18. The monoisotopic (exact) mass is 222 g/mol. The highest BCUT2D eigenvalue weighted by molar-refractivity contribution is 5.72. The van der Waals surface area contributed by atoms with Crippen molar-refractivity contribution >= 4 is 18.0 Å². The number of aliphatic imine (C=N–C) groups is 1. The number of esters is 1. The molecule has 0 aliphatic carbocycles. The van der Waals surface area contributed by atoms with Crippen molar-refractivity contribution < 1.29 is 14.7 Å². The second-order valence-corrected chi connectivity index (χ2v) is 3.04. The molecule has 0 aromatic heterocycles. The number of ether oxygens (including phenoxy) is 1. The summed E-state index contributed by atoms with van der Waals surface area (Å²) in [5.41, 5.74) is 3.37. The summed E-state index contributed by atoms with van der Waals surface area (Å²) in [6.07, 6.45) is 1.43. The molecule has 5 heteroatoms. The lowest BCUT2D eigenvalue weighted by atomic mass is 10.1. The van der Waals surface area contributed by atoms with Crippen LogP contribution in [0.4, 0.5) is 5.69 Å². The Morgan fingerprint density at radius 1 is 1.50 bits per heavy atom. The molecular formula is C11H14N2O3. The first-order valence-electron chi connectivity index (χ1n) is 4.93. The average Bonchev–Trinajstić information content (AvgIpc) is 2.28. The van der Waals surface area contributed by atoms with Crippen molar-refractivity contribution in [3.63, 3.8) is 0 Å². The van der Waals surface area contributed by atoms with E-state index in [0.717, 1.165) is 5.56 Å². The summed E-state index contributed by atoms with van der Waals surface area (Å²) in [5.74, 6) is -0.240. The van der Waals surface area contributed by atoms with Gasteiger partial charge in [0, 0.05) is 0 Å². The van der Waals surface area contributed by atoms with Gasteiger partial charge < -0.3 is 4.74 Å². The van der Waals surface area contributed by atoms with E-state index < -0.39 is 0 Å². The van der Waals surface area contributed by atoms with Crippen LogP contribution in [0.15, 0.2) is 29.3 Å². The SMILES string of the molecule is CCOC(=O)Cc1ccc(N=CNO)cc1. The van der Waals surface area contributed by atoms with E-state index in [4.69, 9.17) is 9.94 Å². The number of nitrogens with zero attached hydrogens (tertiary/aromatic N) is 1. The lowest BCUT2D eigenvalue weighted by Crippen LogP contribution is -2.07. The Morgan fingerprint density at radius 3 is 2.75 bits per heavy atom. The highest BCUT2D eigenvalue weighted by Crippen LogP contribution is 2.12. The molecule has 0 atom stereocenters. The molecule has 0 saturated heterocycles. The Balaban J connectivity index is 2.57. The Labute approximate surface area is 93.7 Å². The molecule has 0 bridgehead atoms. The fourth-order valence-corrected chi connectivity index (χ4v) is 1.18. The molecule has 5 nitrogen and oxygen atoms in total. The van der Waals surface area contributed by atoms with Crippen LogP contribution in [-0.2, 0) is 16.0 Å². The first-order chi connectivity index (χ1) is 7.76. The summed E-state index contributed by atoms with van der Waals surface area (Å²) in [6.45, 7) is 2.17. The number of hydrogen-bond acceptors (Lipinski definition) is 4. The fraction of sp³-hybridized carbons (Fsp3) is 0.273. The first-order valence-corrected chi connectivity index (χ1v) is 4.93. The van der Waals surface area contributed by atoms with Gasteiger partial charge in [0.25, 0.3) is 0 Å². The molecule has 16 heavy (non-hydrogen) atoms. The molecule has 0 saturated carbocycles. The van der Waals surface area contributed by atoms with Crippen LogP contribution in [0, 0.1) is 0 Å². The third-order valence-electron chi connectivity index (χ3n) is 1.86. The molecule has 0 aliphatic heterocycles. The van der Waals surface area contributed by atoms with E-state index in [2.05, 4.69) is 4.99 Å². The number of rotatable bonds is 5. The number of nitrogens with one attached hydrogen (secondary N) is 1. The van der Waals surface area contributed by atoms with Crippen molar-refractivity contribution in [1.29, 1.82) is 0 Å². The molecule has 0 fully saturated rings. The Bertz CT molecular complexity index is 360. The molecular weight excluding hydrogens is 208 g/mol. The van der Waals surface area contributed by atoms with E-state index in [1.165, 1.54) is 6.34 Å². The van der Waals surface area contributed by atoms with Gasteiger partial charge in [0.1, 0.15) is 6.34 Å². The third-order valence-corrected chi connectivity index (χ3v) is 1.86. The van der Waals surface area contributed by atoms with Gasteiger partial charge in [0.2, 0.25) is 0 Å². The summed E-state index contributed by atoms with van der Waals surface area (Å²) in [7, 11) is 0. The Morgan fingerprint density at radius 2 is 2.19 bits per heavy atom. The zero-order chi connectivity index (χ0) is 11.8. The van der Waals surface area contributed by atoms with Gasteiger partial charge in [-0.2, -0.15) is 0 Å². The van der Waals surface area contributed by atoms with Crippen molar-refractivity contribution in [2.75, 3.05) is 6.61 Å². The van der Waals surface area contributed by atoms with Crippen molar-refractivity contribution in [2.45, 2.75) is 13.3 Å². The number of hydroxylamine groups is 1. The standard InChI is InChI=1S/C11H14N2O3/c1-2-16-11(14)7-9-3-5-10(6-4-9)12-8-13-15/h3-6,8,15H,2,7H2,1H3,(H,12,13). The molecule has 0 amide bonds. The van der Waals surface area contributed by atoms with Crippen molar-refractivity contribution in [3.05, 3.63) is 29.8 Å². The van der Waals surface area contributed by atoms with Crippen LogP contribution in [0.5, 0.6) is 0 Å². The van der Waals surface area contributed by atoms with Crippen LogP contribution in [0.25, 0.3) is 0 Å². The third kappa shape index (κ3) is 4.10. The second-order valence-electron chi connectivity index (χ2n) is 3.04. The van der Waals surface area contributed by atoms with Crippen LogP contribution in [0.3, 0.4) is 0 Å². The minimum atomic E-state index is -0.240. The molecule has 2 N–H and O–H groups in total. The van der Waals surface area contributed by atoms with E-state index in [1.807, 2.05) is 5.48 Å². The largest absolute Gasteiger partial charge is 0.466 e. The normalized spacial score (nSPS) is 10.4. The van der Waals surface area contributed by atoms with Crippen LogP contribution >= 0.6 is 0 Å². The number of benzene rings is 1. The van der Waals surface area contributed by atoms with E-state index in [-0.39, 0.29) is 12.4 Å². The molecule has 1 aromatic rings. The van der Waals surface area contributed by atoms with Crippen LogP contribution in [0.2, 0.25) is 0 Å². The van der Waals surface area contributed by atoms with Crippen molar-refractivity contribution in [1.82, 2.24) is 5.48 Å². The maximum Gasteiger partial charge on any atom is 0.310 e. The molecule has 0 aliphatic rings. The van der Waals surface area contributed by atoms with Gasteiger partial charge in [-0.1, -0.05) is 12.1 Å². The number of carbonyl (C=O) groups is 1. The van der Waals surface area contributed by atoms with Crippen molar-refractivity contribution in [2.24, 2.45) is 4.99 Å². The molecule has 1 rings (SSSR count). The van der Waals surface area contributed by atoms with E-state index >= 15 is 0 Å². The molecule has 0 unspecified atom stereocenters.